The third-order valence-corrected chi connectivity index (χ3v) is 6.06. The standard InChI is InChI=1S/C24H15N3O3S/c28-21(12-31-24-18-7-3-4-8-20(18)25-13-26-24)27-14-9-10-17-19(11-14)23(30)16-6-2-1-5-15(16)22(17)29/h1-11,13H,12H2,(H,27,28). The number of rotatable bonds is 4. The molecule has 6 nitrogen and oxygen atoms in total. The van der Waals surface area contributed by atoms with Crippen LogP contribution in [0.5, 0.6) is 0 Å². The molecule has 3 aromatic carbocycles. The van der Waals surface area contributed by atoms with Crippen molar-refractivity contribution in [2.45, 2.75) is 5.03 Å². The van der Waals surface area contributed by atoms with E-state index in [1.165, 1.54) is 18.1 Å². The molecule has 0 spiro atoms. The van der Waals surface area contributed by atoms with E-state index in [1.807, 2.05) is 24.3 Å². The topological polar surface area (TPSA) is 89.0 Å². The van der Waals surface area contributed by atoms with E-state index < -0.39 is 0 Å². The van der Waals surface area contributed by atoms with Crippen LogP contribution < -0.4 is 5.32 Å². The van der Waals surface area contributed by atoms with Crippen LogP contribution in [0.3, 0.4) is 0 Å². The van der Waals surface area contributed by atoms with Crippen LogP contribution >= 0.6 is 11.8 Å². The Hall–Kier alpha value is -3.84. The zero-order valence-electron chi connectivity index (χ0n) is 16.2. The molecule has 0 bridgehead atoms. The summed E-state index contributed by atoms with van der Waals surface area (Å²) in [5.74, 6) is -0.492. The number of ketones is 2. The van der Waals surface area contributed by atoms with Gasteiger partial charge in [0.1, 0.15) is 11.4 Å². The number of carbonyl (C=O) groups excluding carboxylic acids is 3. The fourth-order valence-corrected chi connectivity index (χ4v) is 4.39. The molecule has 1 N–H and O–H groups in total. The van der Waals surface area contributed by atoms with Crippen LogP contribution in [0.4, 0.5) is 5.69 Å². The Balaban J connectivity index is 1.33. The van der Waals surface area contributed by atoms with Gasteiger partial charge in [0.15, 0.2) is 11.6 Å². The fourth-order valence-electron chi connectivity index (χ4n) is 3.60. The Morgan fingerprint density at radius 2 is 1.48 bits per heavy atom. The van der Waals surface area contributed by atoms with Crippen LogP contribution in [0.2, 0.25) is 0 Å². The molecule has 1 aromatic heterocycles. The third-order valence-electron chi connectivity index (χ3n) is 5.06. The smallest absolute Gasteiger partial charge is 0.234 e. The van der Waals surface area contributed by atoms with Crippen LogP contribution in [0.15, 0.2) is 78.1 Å². The number of hydrogen-bond donors (Lipinski definition) is 1. The summed E-state index contributed by atoms with van der Waals surface area (Å²) in [6.07, 6.45) is 1.48. The Morgan fingerprint density at radius 3 is 2.29 bits per heavy atom. The number of benzene rings is 3. The van der Waals surface area contributed by atoms with Gasteiger partial charge in [-0.05, 0) is 24.3 Å². The van der Waals surface area contributed by atoms with Crippen LogP contribution in [0, 0.1) is 0 Å². The maximum Gasteiger partial charge on any atom is 0.234 e. The molecular formula is C24H15N3O3S. The molecule has 4 aromatic rings. The van der Waals surface area contributed by atoms with Crippen molar-refractivity contribution in [3.63, 3.8) is 0 Å². The first-order valence-electron chi connectivity index (χ1n) is 9.57. The lowest BCUT2D eigenvalue weighted by molar-refractivity contribution is -0.113. The first kappa shape index (κ1) is 19.1. The molecule has 150 valence electrons. The SMILES string of the molecule is O=C(CSc1ncnc2ccccc12)Nc1ccc2c(c1)C(=O)c1ccccc1C2=O. The van der Waals surface area contributed by atoms with Crippen LogP contribution in [-0.4, -0.2) is 33.2 Å². The summed E-state index contributed by atoms with van der Waals surface area (Å²) in [7, 11) is 0. The number of carbonyl (C=O) groups is 3. The second kappa shape index (κ2) is 7.77. The number of anilines is 1. The monoisotopic (exact) mass is 425 g/mol. The second-order valence-electron chi connectivity index (χ2n) is 7.00. The number of nitrogens with one attached hydrogen (secondary N) is 1. The van der Waals surface area contributed by atoms with Crippen molar-refractivity contribution < 1.29 is 14.4 Å². The number of hydrogen-bond acceptors (Lipinski definition) is 6. The number of aromatic nitrogens is 2. The predicted molar refractivity (Wildman–Crippen MR) is 119 cm³/mol. The van der Waals surface area contributed by atoms with Crippen LogP contribution in [0.25, 0.3) is 10.9 Å². The Bertz CT molecular complexity index is 1380. The number of para-hydroxylation sites is 1. The molecule has 0 aliphatic heterocycles. The number of fused-ring (bicyclic) bond motifs is 3. The summed E-state index contributed by atoms with van der Waals surface area (Å²) in [5, 5.41) is 4.42. The molecule has 0 radical (unpaired) electrons. The van der Waals surface area contributed by atoms with Gasteiger partial charge in [-0.15, -0.1) is 0 Å². The highest BCUT2D eigenvalue weighted by Gasteiger charge is 2.29. The van der Waals surface area contributed by atoms with Gasteiger partial charge in [-0.2, -0.15) is 0 Å². The Kier molecular flexibility index (Phi) is 4.80. The lowest BCUT2D eigenvalue weighted by atomic mass is 9.84. The summed E-state index contributed by atoms with van der Waals surface area (Å²) in [4.78, 5) is 46.5. The maximum absolute atomic E-state index is 12.8. The predicted octanol–water partition coefficient (Wildman–Crippen LogP) is 4.14. The molecule has 1 aliphatic rings. The van der Waals surface area contributed by atoms with Crippen molar-refractivity contribution in [1.82, 2.24) is 9.97 Å². The lowest BCUT2D eigenvalue weighted by Crippen LogP contribution is -2.21. The summed E-state index contributed by atoms with van der Waals surface area (Å²) in [6, 6.07) is 19.2. The summed E-state index contributed by atoms with van der Waals surface area (Å²) >= 11 is 1.31. The molecule has 0 saturated carbocycles. The number of amides is 1. The van der Waals surface area contributed by atoms with E-state index in [1.54, 1.807) is 42.5 Å². The normalized spacial score (nSPS) is 12.4. The van der Waals surface area contributed by atoms with Gasteiger partial charge in [0.05, 0.1) is 11.3 Å². The molecule has 0 unspecified atom stereocenters. The van der Waals surface area contributed by atoms with Gasteiger partial charge in [-0.1, -0.05) is 54.2 Å². The average Bonchev–Trinajstić information content (AvgIpc) is 2.81. The van der Waals surface area contributed by atoms with Gasteiger partial charge >= 0.3 is 0 Å². The van der Waals surface area contributed by atoms with E-state index in [2.05, 4.69) is 15.3 Å². The number of nitrogens with zero attached hydrogens (tertiary/aromatic N) is 2. The van der Waals surface area contributed by atoms with E-state index in [-0.39, 0.29) is 23.2 Å². The van der Waals surface area contributed by atoms with Crippen LogP contribution in [-0.2, 0) is 4.79 Å². The molecule has 0 saturated heterocycles. The first-order valence-corrected chi connectivity index (χ1v) is 10.6. The van der Waals surface area contributed by atoms with Crippen molar-refractivity contribution in [3.8, 4) is 0 Å². The summed E-state index contributed by atoms with van der Waals surface area (Å²) in [6.45, 7) is 0. The lowest BCUT2D eigenvalue weighted by Gasteiger charge is -2.18. The summed E-state index contributed by atoms with van der Waals surface area (Å²) < 4.78 is 0. The maximum atomic E-state index is 12.8. The van der Waals surface area contributed by atoms with Crippen molar-refractivity contribution in [3.05, 3.63) is 95.3 Å². The average molecular weight is 425 g/mol. The molecule has 7 heteroatoms. The van der Waals surface area contributed by atoms with Gasteiger partial charge in [-0.3, -0.25) is 14.4 Å². The minimum Gasteiger partial charge on any atom is -0.325 e. The van der Waals surface area contributed by atoms with E-state index >= 15 is 0 Å². The zero-order chi connectivity index (χ0) is 21.4. The molecule has 0 atom stereocenters. The Labute approximate surface area is 181 Å². The first-order chi connectivity index (χ1) is 15.1. The minimum absolute atomic E-state index is 0.147. The number of thioether (sulfide) groups is 1. The van der Waals surface area contributed by atoms with Crippen molar-refractivity contribution in [1.29, 1.82) is 0 Å². The van der Waals surface area contributed by atoms with Gasteiger partial charge in [0.2, 0.25) is 5.91 Å². The molecule has 1 heterocycles. The molecular weight excluding hydrogens is 410 g/mol. The summed E-state index contributed by atoms with van der Waals surface area (Å²) in [5.41, 5.74) is 2.73. The van der Waals surface area contributed by atoms with Gasteiger partial charge in [0, 0.05) is 33.3 Å². The highest BCUT2D eigenvalue weighted by Crippen LogP contribution is 2.29. The Morgan fingerprint density at radius 1 is 0.806 bits per heavy atom. The second-order valence-corrected chi connectivity index (χ2v) is 7.96. The quantitative estimate of drug-likeness (QED) is 0.344. The molecule has 0 fully saturated rings. The molecule has 1 amide bonds. The minimum atomic E-state index is -0.234. The molecule has 5 rings (SSSR count). The van der Waals surface area contributed by atoms with Crippen molar-refractivity contribution >= 4 is 45.8 Å². The highest BCUT2D eigenvalue weighted by atomic mass is 32.2. The van der Waals surface area contributed by atoms with E-state index in [9.17, 15) is 14.4 Å². The molecule has 31 heavy (non-hydrogen) atoms. The molecule has 1 aliphatic carbocycles. The third kappa shape index (κ3) is 3.49. The van der Waals surface area contributed by atoms with E-state index in [4.69, 9.17) is 0 Å². The fraction of sp³-hybridized carbons (Fsp3) is 0.0417. The van der Waals surface area contributed by atoms with Crippen molar-refractivity contribution in [2.75, 3.05) is 11.1 Å². The van der Waals surface area contributed by atoms with Crippen LogP contribution in [0.1, 0.15) is 31.8 Å². The largest absolute Gasteiger partial charge is 0.325 e. The van der Waals surface area contributed by atoms with E-state index in [0.29, 0.717) is 27.9 Å². The van der Waals surface area contributed by atoms with Crippen molar-refractivity contribution in [2.24, 2.45) is 0 Å². The zero-order valence-corrected chi connectivity index (χ0v) is 17.0. The van der Waals surface area contributed by atoms with Gasteiger partial charge in [0.25, 0.3) is 0 Å². The highest BCUT2D eigenvalue weighted by molar-refractivity contribution is 8.00. The van der Waals surface area contributed by atoms with Gasteiger partial charge in [-0.25, -0.2) is 9.97 Å². The van der Waals surface area contributed by atoms with E-state index in [0.717, 1.165) is 15.9 Å². The van der Waals surface area contributed by atoms with Gasteiger partial charge < -0.3 is 5.32 Å².